The first-order valence-corrected chi connectivity index (χ1v) is 6.62. The summed E-state index contributed by atoms with van der Waals surface area (Å²) in [6.07, 6.45) is 4.23. The highest BCUT2D eigenvalue weighted by atomic mass is 28.3. The second kappa shape index (κ2) is 10.1. The van der Waals surface area contributed by atoms with Crippen LogP contribution in [-0.2, 0) is 8.89 Å². The lowest BCUT2D eigenvalue weighted by Gasteiger charge is -2.14. The Balaban J connectivity index is 0. The van der Waals surface area contributed by atoms with Gasteiger partial charge in [-0.15, -0.1) is 0 Å². The van der Waals surface area contributed by atoms with Crippen molar-refractivity contribution < 1.29 is 18.2 Å². The minimum atomic E-state index is -2.92. The first-order chi connectivity index (χ1) is 6.77. The Morgan fingerprint density at radius 1 is 1.13 bits per heavy atom. The lowest BCUT2D eigenvalue weighted by Crippen LogP contribution is -2.27. The highest BCUT2D eigenvalue weighted by molar-refractivity contribution is 6.21. The zero-order chi connectivity index (χ0) is 12.3. The summed E-state index contributed by atoms with van der Waals surface area (Å²) in [4.78, 5) is 9.88. The lowest BCUT2D eigenvalue weighted by molar-refractivity contribution is -0.849. The van der Waals surface area contributed by atoms with Gasteiger partial charge in [0.1, 0.15) is 0 Å². The molecule has 0 aromatic heterocycles. The van der Waals surface area contributed by atoms with Crippen LogP contribution in [0.5, 0.6) is 0 Å². The van der Waals surface area contributed by atoms with Crippen LogP contribution in [-0.4, -0.2) is 48.5 Å². The van der Waals surface area contributed by atoms with Gasteiger partial charge in [-0.05, 0) is 6.42 Å². The van der Waals surface area contributed by atoms with Gasteiger partial charge >= 0.3 is 9.17 Å². The number of hydrogen-bond acceptors (Lipinski definition) is 3. The number of nitrogens with zero attached hydrogens (tertiary/aromatic N) is 1. The Morgan fingerprint density at radius 3 is 1.93 bits per heavy atom. The van der Waals surface area contributed by atoms with Crippen molar-refractivity contribution in [2.75, 3.05) is 34.8 Å². The fourth-order valence-electron chi connectivity index (χ4n) is 0.684. The Kier molecular flexibility index (Phi) is 11.4. The number of rotatable bonds is 6. The Morgan fingerprint density at radius 2 is 1.60 bits per heavy atom. The molecule has 92 valence electrons. The molecular formula is C10H25NO3Si. The molecule has 0 radical (unpaired) electrons. The van der Waals surface area contributed by atoms with E-state index in [-0.39, 0.29) is 0 Å². The Bertz CT molecular complexity index is 151. The zero-order valence-corrected chi connectivity index (χ0v) is 11.7. The molecule has 0 aliphatic carbocycles. The molecular weight excluding hydrogens is 210 g/mol. The van der Waals surface area contributed by atoms with Crippen LogP contribution in [0.3, 0.4) is 0 Å². The molecule has 0 spiro atoms. The van der Waals surface area contributed by atoms with E-state index in [1.165, 1.54) is 0 Å². The van der Waals surface area contributed by atoms with Crippen LogP contribution >= 0.6 is 0 Å². The second-order valence-corrected chi connectivity index (χ2v) is 5.63. The van der Waals surface area contributed by atoms with Crippen molar-refractivity contribution in [1.82, 2.24) is 0 Å². The molecule has 0 bridgehead atoms. The van der Waals surface area contributed by atoms with Gasteiger partial charge in [-0.3, -0.25) is 0 Å². The summed E-state index contributed by atoms with van der Waals surface area (Å²) in [5, 5.41) is 0. The smallest absolute Gasteiger partial charge is 0.413 e. The van der Waals surface area contributed by atoms with Gasteiger partial charge in [0.25, 0.3) is 0 Å². The van der Waals surface area contributed by atoms with Gasteiger partial charge in [-0.1, -0.05) is 26.2 Å². The fourth-order valence-corrected chi connectivity index (χ4v) is 0.995. The van der Waals surface area contributed by atoms with Crippen LogP contribution in [0.2, 0.25) is 0 Å². The van der Waals surface area contributed by atoms with Crippen LogP contribution < -0.4 is 4.80 Å². The van der Waals surface area contributed by atoms with E-state index in [1.54, 1.807) is 0 Å². The minimum Gasteiger partial charge on any atom is -0.588 e. The molecule has 0 heterocycles. The van der Waals surface area contributed by atoms with Crippen molar-refractivity contribution in [1.29, 1.82) is 0 Å². The third-order valence-electron chi connectivity index (χ3n) is 1.22. The summed E-state index contributed by atoms with van der Waals surface area (Å²) in [5.41, 5.74) is 0. The molecule has 0 N–H and O–H groups in total. The van der Waals surface area contributed by atoms with Gasteiger partial charge < -0.3 is 18.2 Å². The standard InChI is InChI=1S/C6H13O3Si.C4H12N/c1-2-3-4-5-6-9-10(7)8;1-5(2,3)4/h2-6H2,1H3;1-4H3/q-1;+1. The molecule has 5 heteroatoms. The summed E-state index contributed by atoms with van der Waals surface area (Å²) in [6.45, 7) is 2.47. The van der Waals surface area contributed by atoms with E-state index >= 15 is 0 Å². The first-order valence-electron chi connectivity index (χ1n) is 5.40. The Hall–Kier alpha value is -0.423. The van der Waals surface area contributed by atoms with Crippen molar-refractivity contribution in [2.24, 2.45) is 0 Å². The van der Waals surface area contributed by atoms with Gasteiger partial charge in [0.05, 0.1) is 28.2 Å². The molecule has 0 fully saturated rings. The third kappa shape index (κ3) is 42.1. The van der Waals surface area contributed by atoms with E-state index in [9.17, 15) is 9.26 Å². The number of unbranched alkanes of at least 4 members (excludes halogenated alkanes) is 3. The van der Waals surface area contributed by atoms with Crippen LogP contribution in [0.1, 0.15) is 32.6 Å². The zero-order valence-electron chi connectivity index (χ0n) is 10.7. The molecule has 0 aliphatic heterocycles. The molecule has 0 rings (SSSR count). The summed E-state index contributed by atoms with van der Waals surface area (Å²) < 4.78 is 15.3. The minimum absolute atomic E-state index is 0.362. The van der Waals surface area contributed by atoms with Gasteiger partial charge in [-0.2, -0.15) is 0 Å². The monoisotopic (exact) mass is 235 g/mol. The molecule has 0 aromatic carbocycles. The van der Waals surface area contributed by atoms with Crippen LogP contribution in [0.25, 0.3) is 0 Å². The molecule has 0 unspecified atom stereocenters. The van der Waals surface area contributed by atoms with E-state index in [0.717, 1.165) is 30.2 Å². The average molecular weight is 235 g/mol. The molecule has 4 nitrogen and oxygen atoms in total. The van der Waals surface area contributed by atoms with Gasteiger partial charge in [-0.25, -0.2) is 0 Å². The maximum atomic E-state index is 9.88. The number of quaternary nitrogens is 1. The van der Waals surface area contributed by atoms with Gasteiger partial charge in [0.15, 0.2) is 0 Å². The predicted molar refractivity (Wildman–Crippen MR) is 60.5 cm³/mol. The van der Waals surface area contributed by atoms with Crippen LogP contribution in [0, 0.1) is 0 Å². The molecule has 0 aliphatic rings. The quantitative estimate of drug-likeness (QED) is 0.386. The van der Waals surface area contributed by atoms with Gasteiger partial charge in [0.2, 0.25) is 0 Å². The maximum Gasteiger partial charge on any atom is 0.413 e. The molecule has 15 heavy (non-hydrogen) atoms. The third-order valence-corrected chi connectivity index (χ3v) is 1.66. The highest BCUT2D eigenvalue weighted by Crippen LogP contribution is 1.97. The Labute approximate surface area is 95.4 Å². The molecule has 0 atom stereocenters. The van der Waals surface area contributed by atoms with E-state index in [1.807, 2.05) is 0 Å². The first kappa shape index (κ1) is 17.0. The van der Waals surface area contributed by atoms with Crippen molar-refractivity contribution in [3.05, 3.63) is 0 Å². The van der Waals surface area contributed by atoms with Crippen molar-refractivity contribution >= 4 is 9.17 Å². The van der Waals surface area contributed by atoms with Crippen LogP contribution in [0.4, 0.5) is 0 Å². The van der Waals surface area contributed by atoms with Crippen molar-refractivity contribution in [3.63, 3.8) is 0 Å². The summed E-state index contributed by atoms with van der Waals surface area (Å²) in [5.74, 6) is 0. The van der Waals surface area contributed by atoms with E-state index in [0.29, 0.717) is 6.61 Å². The molecule has 0 amide bonds. The largest absolute Gasteiger partial charge is 0.588 e. The highest BCUT2D eigenvalue weighted by Gasteiger charge is 1.88. The number of hydrogen-bond donors (Lipinski definition) is 0. The lowest BCUT2D eigenvalue weighted by atomic mass is 10.2. The maximum absolute atomic E-state index is 9.88. The van der Waals surface area contributed by atoms with E-state index in [4.69, 9.17) is 0 Å². The van der Waals surface area contributed by atoms with E-state index < -0.39 is 9.17 Å². The van der Waals surface area contributed by atoms with E-state index in [2.05, 4.69) is 39.5 Å². The summed E-state index contributed by atoms with van der Waals surface area (Å²) in [7, 11) is 5.58. The van der Waals surface area contributed by atoms with Gasteiger partial charge in [0, 0.05) is 6.61 Å². The van der Waals surface area contributed by atoms with Crippen LogP contribution in [0.15, 0.2) is 0 Å². The SMILES string of the molecule is CCCCCCO[Si](=O)[O-].C[N+](C)(C)C. The molecule has 0 saturated heterocycles. The van der Waals surface area contributed by atoms with Crippen molar-refractivity contribution in [2.45, 2.75) is 32.6 Å². The molecule has 0 aromatic rings. The van der Waals surface area contributed by atoms with Crippen molar-refractivity contribution in [3.8, 4) is 0 Å². The summed E-state index contributed by atoms with van der Waals surface area (Å²) >= 11 is 0. The molecule has 0 saturated carbocycles. The summed E-state index contributed by atoms with van der Waals surface area (Å²) in [6, 6.07) is 0. The second-order valence-electron chi connectivity index (χ2n) is 4.84. The predicted octanol–water partition coefficient (Wildman–Crippen LogP) is 0.681. The topological polar surface area (TPSA) is 49.4 Å². The fraction of sp³-hybridized carbons (Fsp3) is 1.00. The average Bonchev–Trinajstić information content (AvgIpc) is 2.00. The normalized spacial score (nSPS) is 10.2.